The highest BCUT2D eigenvalue weighted by Crippen LogP contribution is 2.11. The largest absolute Gasteiger partial charge is 0.453 e. The van der Waals surface area contributed by atoms with Crippen molar-refractivity contribution in [2.24, 2.45) is 10.9 Å². The third-order valence-electron chi connectivity index (χ3n) is 4.21. The van der Waals surface area contributed by atoms with Crippen LogP contribution in [0.3, 0.4) is 0 Å². The molecule has 6 heteroatoms. The van der Waals surface area contributed by atoms with Crippen molar-refractivity contribution in [3.63, 3.8) is 0 Å². The molecule has 1 heterocycles. The minimum absolute atomic E-state index is 0.232. The van der Waals surface area contributed by atoms with Crippen LogP contribution in [0.25, 0.3) is 0 Å². The van der Waals surface area contributed by atoms with Crippen molar-refractivity contribution < 1.29 is 9.53 Å². The number of hydrogen-bond acceptors (Lipinski definition) is 3. The summed E-state index contributed by atoms with van der Waals surface area (Å²) in [6, 6.07) is 0.360. The highest BCUT2D eigenvalue weighted by atomic mass is 16.5. The van der Waals surface area contributed by atoms with Crippen LogP contribution in [0.2, 0.25) is 0 Å². The molecule has 0 aromatic carbocycles. The fourth-order valence-corrected chi connectivity index (χ4v) is 2.54. The lowest BCUT2D eigenvalue weighted by Gasteiger charge is -2.32. The lowest BCUT2D eigenvalue weighted by atomic mass is 10.0. The zero-order valence-electron chi connectivity index (χ0n) is 13.8. The summed E-state index contributed by atoms with van der Waals surface area (Å²) >= 11 is 0. The van der Waals surface area contributed by atoms with Crippen molar-refractivity contribution in [3.8, 4) is 0 Å². The van der Waals surface area contributed by atoms with Gasteiger partial charge >= 0.3 is 6.09 Å². The minimum atomic E-state index is -0.232. The molecule has 1 saturated heterocycles. The van der Waals surface area contributed by atoms with Gasteiger partial charge in [-0.25, -0.2) is 4.79 Å². The van der Waals surface area contributed by atoms with Crippen LogP contribution in [0.5, 0.6) is 0 Å². The second-order valence-corrected chi connectivity index (χ2v) is 5.51. The fraction of sp³-hybridized carbons (Fsp3) is 0.867. The molecule has 1 aliphatic rings. The number of hydrogen-bond donors (Lipinski definition) is 2. The van der Waals surface area contributed by atoms with E-state index in [1.165, 1.54) is 20.0 Å². The van der Waals surface area contributed by atoms with E-state index in [9.17, 15) is 4.79 Å². The Morgan fingerprint density at radius 3 is 2.43 bits per heavy atom. The van der Waals surface area contributed by atoms with Crippen molar-refractivity contribution in [1.29, 1.82) is 0 Å². The maximum absolute atomic E-state index is 11.4. The molecular weight excluding hydrogens is 268 g/mol. The van der Waals surface area contributed by atoms with Crippen LogP contribution >= 0.6 is 0 Å². The van der Waals surface area contributed by atoms with Gasteiger partial charge in [-0.2, -0.15) is 0 Å². The van der Waals surface area contributed by atoms with Crippen molar-refractivity contribution >= 4 is 12.1 Å². The first-order valence-corrected chi connectivity index (χ1v) is 7.94. The van der Waals surface area contributed by atoms with Crippen molar-refractivity contribution in [3.05, 3.63) is 0 Å². The molecule has 1 fully saturated rings. The first-order valence-electron chi connectivity index (χ1n) is 7.94. The molecular formula is C15H30N4O2. The molecule has 0 atom stereocenters. The Hall–Kier alpha value is -1.46. The molecule has 1 amide bonds. The number of rotatable bonds is 5. The number of nitrogens with zero attached hydrogens (tertiary/aromatic N) is 2. The van der Waals surface area contributed by atoms with E-state index in [0.717, 1.165) is 38.4 Å². The molecule has 1 rings (SSSR count). The number of guanidine groups is 1. The molecule has 6 nitrogen and oxygen atoms in total. The molecule has 0 aromatic heterocycles. The number of carbonyl (C=O) groups excluding carboxylic acids is 1. The van der Waals surface area contributed by atoms with Crippen molar-refractivity contribution in [2.45, 2.75) is 45.6 Å². The number of carbonyl (C=O) groups is 1. The summed E-state index contributed by atoms with van der Waals surface area (Å²) in [5.74, 6) is 1.54. The van der Waals surface area contributed by atoms with Gasteiger partial charge in [0, 0.05) is 32.7 Å². The highest BCUT2D eigenvalue weighted by molar-refractivity contribution is 5.80. The van der Waals surface area contributed by atoms with Gasteiger partial charge in [0.05, 0.1) is 7.11 Å². The Morgan fingerprint density at radius 1 is 1.33 bits per heavy atom. The molecule has 0 saturated carbocycles. The van der Waals surface area contributed by atoms with E-state index in [1.54, 1.807) is 11.9 Å². The van der Waals surface area contributed by atoms with Gasteiger partial charge in [0.1, 0.15) is 0 Å². The smallest absolute Gasteiger partial charge is 0.409 e. The van der Waals surface area contributed by atoms with Gasteiger partial charge < -0.3 is 20.3 Å². The van der Waals surface area contributed by atoms with Crippen LogP contribution < -0.4 is 10.6 Å². The molecule has 21 heavy (non-hydrogen) atoms. The maximum Gasteiger partial charge on any atom is 0.409 e. The van der Waals surface area contributed by atoms with Crippen LogP contribution in [0.15, 0.2) is 4.99 Å². The zero-order chi connectivity index (χ0) is 15.7. The topological polar surface area (TPSA) is 66.0 Å². The molecule has 0 bridgehead atoms. The number of nitrogens with one attached hydrogen (secondary N) is 2. The summed E-state index contributed by atoms with van der Waals surface area (Å²) in [5.41, 5.74) is 0. The van der Waals surface area contributed by atoms with Crippen LogP contribution in [0.4, 0.5) is 4.79 Å². The Morgan fingerprint density at radius 2 is 1.95 bits per heavy atom. The number of piperidine rings is 1. The zero-order valence-corrected chi connectivity index (χ0v) is 13.8. The Kier molecular flexibility index (Phi) is 7.93. The number of amides is 1. The van der Waals surface area contributed by atoms with Crippen LogP contribution in [-0.4, -0.2) is 56.8 Å². The number of methoxy groups -OCH3 is 1. The normalized spacial score (nSPS) is 17.0. The van der Waals surface area contributed by atoms with Crippen LogP contribution in [-0.2, 0) is 4.74 Å². The molecule has 1 aliphatic heterocycles. The summed E-state index contributed by atoms with van der Waals surface area (Å²) in [4.78, 5) is 17.5. The number of likely N-dealkylation sites (tertiary alicyclic amines) is 1. The van der Waals surface area contributed by atoms with E-state index in [1.807, 2.05) is 0 Å². The predicted molar refractivity (Wildman–Crippen MR) is 85.6 cm³/mol. The van der Waals surface area contributed by atoms with E-state index in [4.69, 9.17) is 4.74 Å². The van der Waals surface area contributed by atoms with E-state index in [-0.39, 0.29) is 6.09 Å². The molecule has 0 spiro atoms. The van der Waals surface area contributed by atoms with E-state index >= 15 is 0 Å². The molecule has 0 unspecified atom stereocenters. The second-order valence-electron chi connectivity index (χ2n) is 5.51. The maximum atomic E-state index is 11.4. The minimum Gasteiger partial charge on any atom is -0.453 e. The molecule has 0 radical (unpaired) electrons. The fourth-order valence-electron chi connectivity index (χ4n) is 2.54. The quantitative estimate of drug-likeness (QED) is 0.600. The second kappa shape index (κ2) is 9.47. The highest BCUT2D eigenvalue weighted by Gasteiger charge is 2.23. The third-order valence-corrected chi connectivity index (χ3v) is 4.21. The van der Waals surface area contributed by atoms with E-state index in [0.29, 0.717) is 12.0 Å². The first kappa shape index (κ1) is 17.6. The summed E-state index contributed by atoms with van der Waals surface area (Å²) in [5, 5.41) is 6.84. The Labute approximate surface area is 128 Å². The monoisotopic (exact) mass is 298 g/mol. The lowest BCUT2D eigenvalue weighted by molar-refractivity contribution is 0.111. The molecule has 0 aromatic rings. The first-order chi connectivity index (χ1) is 10.1. The molecule has 0 aliphatic carbocycles. The van der Waals surface area contributed by atoms with Gasteiger partial charge in [-0.05, 0) is 18.8 Å². The summed E-state index contributed by atoms with van der Waals surface area (Å²) in [6.45, 7) is 6.85. The standard InChI is InChI=1S/C15H30N4O2/c1-5-12(6-2)11-17-14(16-3)18-13-7-9-19(10-8-13)15(20)21-4/h12-13H,5-11H2,1-4H3,(H2,16,17,18). The number of ether oxygens (including phenoxy) is 1. The van der Waals surface area contributed by atoms with E-state index in [2.05, 4.69) is 29.5 Å². The molecule has 2 N–H and O–H groups in total. The van der Waals surface area contributed by atoms with Crippen molar-refractivity contribution in [2.75, 3.05) is 33.8 Å². The van der Waals surface area contributed by atoms with Gasteiger partial charge in [-0.3, -0.25) is 4.99 Å². The van der Waals surface area contributed by atoms with Gasteiger partial charge in [-0.15, -0.1) is 0 Å². The Balaban J connectivity index is 2.34. The SMILES string of the molecule is CCC(CC)CNC(=NC)NC1CCN(C(=O)OC)CC1. The number of aliphatic imine (C=N–C) groups is 1. The molecule has 122 valence electrons. The summed E-state index contributed by atoms with van der Waals surface area (Å²) < 4.78 is 4.75. The summed E-state index contributed by atoms with van der Waals surface area (Å²) in [7, 11) is 3.22. The predicted octanol–water partition coefficient (Wildman–Crippen LogP) is 1.82. The van der Waals surface area contributed by atoms with Gasteiger partial charge in [0.15, 0.2) is 5.96 Å². The average molecular weight is 298 g/mol. The van der Waals surface area contributed by atoms with Gasteiger partial charge in [-0.1, -0.05) is 26.7 Å². The van der Waals surface area contributed by atoms with E-state index < -0.39 is 0 Å². The average Bonchev–Trinajstić information content (AvgIpc) is 2.54. The lowest BCUT2D eigenvalue weighted by Crippen LogP contribution is -2.50. The van der Waals surface area contributed by atoms with Crippen LogP contribution in [0.1, 0.15) is 39.5 Å². The Bertz CT molecular complexity index is 335. The van der Waals surface area contributed by atoms with Crippen molar-refractivity contribution in [1.82, 2.24) is 15.5 Å². The van der Waals surface area contributed by atoms with Crippen LogP contribution in [0, 0.1) is 5.92 Å². The van der Waals surface area contributed by atoms with Gasteiger partial charge in [0.2, 0.25) is 0 Å². The summed E-state index contributed by atoms with van der Waals surface area (Å²) in [6.07, 6.45) is 3.96. The van der Waals surface area contributed by atoms with Gasteiger partial charge in [0.25, 0.3) is 0 Å². The third kappa shape index (κ3) is 5.81.